The summed E-state index contributed by atoms with van der Waals surface area (Å²) in [7, 11) is 0. The Labute approximate surface area is 85.6 Å². The molecule has 14 heavy (non-hydrogen) atoms. The lowest BCUT2D eigenvalue weighted by molar-refractivity contribution is 0.561. The highest BCUT2D eigenvalue weighted by Gasteiger charge is 2.41. The molecule has 0 fully saturated rings. The van der Waals surface area contributed by atoms with Crippen LogP contribution in [0.3, 0.4) is 0 Å². The predicted octanol–water partition coefficient (Wildman–Crippen LogP) is 0.717. The third-order valence-corrected chi connectivity index (χ3v) is 2.72. The van der Waals surface area contributed by atoms with E-state index in [-0.39, 0.29) is 5.54 Å². The lowest BCUT2D eigenvalue weighted by Crippen LogP contribution is -2.35. The molecule has 2 aliphatic rings. The highest BCUT2D eigenvalue weighted by Crippen LogP contribution is 2.33. The fourth-order valence-electron chi connectivity index (χ4n) is 1.75. The van der Waals surface area contributed by atoms with Gasteiger partial charge in [-0.1, -0.05) is 6.92 Å². The summed E-state index contributed by atoms with van der Waals surface area (Å²) in [6.07, 6.45) is 4.46. The first kappa shape index (κ1) is 9.59. The number of likely N-dealkylation sites (N-methyl/N-ethyl adjacent to an activating group) is 2. The van der Waals surface area contributed by atoms with Crippen molar-refractivity contribution in [1.29, 1.82) is 0 Å². The number of rotatable bonds is 6. The number of nitrogens with one attached hydrogen (secondary N) is 3. The molecule has 2 atom stereocenters. The smallest absolute Gasteiger partial charge is 0.0860 e. The van der Waals surface area contributed by atoms with Crippen molar-refractivity contribution in [2.75, 3.05) is 13.1 Å². The van der Waals surface area contributed by atoms with E-state index in [4.69, 9.17) is 0 Å². The van der Waals surface area contributed by atoms with Gasteiger partial charge in [-0.05, 0) is 32.5 Å². The highest BCUT2D eigenvalue weighted by molar-refractivity contribution is 5.47. The fourth-order valence-corrected chi connectivity index (χ4v) is 1.75. The van der Waals surface area contributed by atoms with Crippen LogP contribution in [0.2, 0.25) is 0 Å². The summed E-state index contributed by atoms with van der Waals surface area (Å²) in [5, 5.41) is 10.2. The molecule has 0 aromatic rings. The quantitative estimate of drug-likeness (QED) is 0.581. The van der Waals surface area contributed by atoms with Crippen LogP contribution < -0.4 is 16.0 Å². The molecule has 0 spiro atoms. The summed E-state index contributed by atoms with van der Waals surface area (Å²) in [6, 6.07) is 0.460. The Morgan fingerprint density at radius 1 is 1.36 bits per heavy atom. The van der Waals surface area contributed by atoms with E-state index in [0.29, 0.717) is 6.04 Å². The third kappa shape index (κ3) is 1.77. The molecule has 2 rings (SSSR count). The van der Waals surface area contributed by atoms with Crippen LogP contribution in [-0.4, -0.2) is 24.7 Å². The van der Waals surface area contributed by atoms with Gasteiger partial charge in [0.05, 0.1) is 11.6 Å². The first-order chi connectivity index (χ1) is 6.69. The van der Waals surface area contributed by atoms with Crippen LogP contribution in [0.25, 0.3) is 0 Å². The second kappa shape index (κ2) is 3.31. The molecule has 0 saturated heterocycles. The highest BCUT2D eigenvalue weighted by atomic mass is 15.1. The van der Waals surface area contributed by atoms with Gasteiger partial charge in [0.2, 0.25) is 0 Å². The second-order valence-corrected chi connectivity index (χ2v) is 4.07. The standard InChI is InChI=1S/C11H19N3/c1-4-12-8-6-9(8)14-10-7-11(10,3)13-5-2/h6-7,9,12-14H,4-5H2,1-3H3/t9-,11+/m1/s1. The van der Waals surface area contributed by atoms with Crippen LogP contribution in [0.4, 0.5) is 0 Å². The van der Waals surface area contributed by atoms with E-state index >= 15 is 0 Å². The van der Waals surface area contributed by atoms with Crippen LogP contribution in [0.1, 0.15) is 20.8 Å². The monoisotopic (exact) mass is 193 g/mol. The molecule has 0 radical (unpaired) electrons. The van der Waals surface area contributed by atoms with Crippen LogP contribution in [0, 0.1) is 0 Å². The lowest BCUT2D eigenvalue weighted by atomic mass is 10.2. The Kier molecular flexibility index (Phi) is 2.27. The molecule has 0 aromatic heterocycles. The molecular weight excluding hydrogens is 174 g/mol. The van der Waals surface area contributed by atoms with Gasteiger partial charge in [0.1, 0.15) is 0 Å². The predicted molar refractivity (Wildman–Crippen MR) is 58.8 cm³/mol. The van der Waals surface area contributed by atoms with E-state index in [1.54, 1.807) is 0 Å². The van der Waals surface area contributed by atoms with Crippen LogP contribution in [0.5, 0.6) is 0 Å². The van der Waals surface area contributed by atoms with Crippen LogP contribution in [-0.2, 0) is 0 Å². The van der Waals surface area contributed by atoms with Gasteiger partial charge in [-0.15, -0.1) is 0 Å². The Morgan fingerprint density at radius 2 is 2.14 bits per heavy atom. The SMILES string of the molecule is CCNC1=C[C@H]1NC1=C[C@]1(C)NCC. The maximum atomic E-state index is 3.48. The second-order valence-electron chi connectivity index (χ2n) is 4.07. The van der Waals surface area contributed by atoms with E-state index in [1.165, 1.54) is 11.4 Å². The molecule has 0 saturated carbocycles. The molecule has 78 valence electrons. The summed E-state index contributed by atoms with van der Waals surface area (Å²) in [4.78, 5) is 0. The maximum Gasteiger partial charge on any atom is 0.0860 e. The molecule has 3 nitrogen and oxygen atoms in total. The first-order valence-corrected chi connectivity index (χ1v) is 5.40. The Balaban J connectivity index is 1.68. The molecule has 2 aliphatic carbocycles. The zero-order chi connectivity index (χ0) is 10.2. The van der Waals surface area contributed by atoms with Gasteiger partial charge in [-0.25, -0.2) is 0 Å². The summed E-state index contributed by atoms with van der Waals surface area (Å²) in [5.74, 6) is 0. The average molecular weight is 193 g/mol. The van der Waals surface area contributed by atoms with Gasteiger partial charge < -0.3 is 16.0 Å². The van der Waals surface area contributed by atoms with Crippen LogP contribution in [0.15, 0.2) is 23.5 Å². The van der Waals surface area contributed by atoms with E-state index in [9.17, 15) is 0 Å². The summed E-state index contributed by atoms with van der Waals surface area (Å²) < 4.78 is 0. The Morgan fingerprint density at radius 3 is 2.79 bits per heavy atom. The van der Waals surface area contributed by atoms with Crippen molar-refractivity contribution in [1.82, 2.24) is 16.0 Å². The number of hydrogen-bond acceptors (Lipinski definition) is 3. The molecule has 0 heterocycles. The van der Waals surface area contributed by atoms with Crippen molar-refractivity contribution >= 4 is 0 Å². The zero-order valence-corrected chi connectivity index (χ0v) is 9.15. The van der Waals surface area contributed by atoms with Gasteiger partial charge in [0.25, 0.3) is 0 Å². The molecule has 3 N–H and O–H groups in total. The summed E-state index contributed by atoms with van der Waals surface area (Å²) in [5.41, 5.74) is 2.80. The van der Waals surface area contributed by atoms with E-state index < -0.39 is 0 Å². The minimum atomic E-state index is 0.141. The van der Waals surface area contributed by atoms with Gasteiger partial charge in [0, 0.05) is 17.9 Å². The molecule has 0 aliphatic heterocycles. The van der Waals surface area contributed by atoms with E-state index in [2.05, 4.69) is 48.9 Å². The Hall–Kier alpha value is -0.960. The molecule has 0 bridgehead atoms. The molecular formula is C11H19N3. The fraction of sp³-hybridized carbons (Fsp3) is 0.636. The average Bonchev–Trinajstić information content (AvgIpc) is 2.97. The minimum absolute atomic E-state index is 0.141. The molecule has 0 amide bonds. The van der Waals surface area contributed by atoms with Crippen LogP contribution >= 0.6 is 0 Å². The van der Waals surface area contributed by atoms with E-state index in [1.807, 2.05) is 0 Å². The number of hydrogen-bond donors (Lipinski definition) is 3. The normalized spacial score (nSPS) is 33.2. The topological polar surface area (TPSA) is 36.1 Å². The van der Waals surface area contributed by atoms with Crippen molar-refractivity contribution in [3.8, 4) is 0 Å². The molecule has 0 unspecified atom stereocenters. The van der Waals surface area contributed by atoms with Crippen molar-refractivity contribution < 1.29 is 0 Å². The third-order valence-electron chi connectivity index (χ3n) is 2.72. The molecule has 0 aromatic carbocycles. The molecule has 3 heteroatoms. The van der Waals surface area contributed by atoms with Crippen molar-refractivity contribution in [2.45, 2.75) is 32.4 Å². The zero-order valence-electron chi connectivity index (χ0n) is 9.15. The summed E-state index contributed by atoms with van der Waals surface area (Å²) >= 11 is 0. The van der Waals surface area contributed by atoms with Gasteiger partial charge in [-0.2, -0.15) is 0 Å². The first-order valence-electron chi connectivity index (χ1n) is 5.40. The lowest BCUT2D eigenvalue weighted by Gasteiger charge is -2.14. The largest absolute Gasteiger partial charge is 0.387 e. The minimum Gasteiger partial charge on any atom is -0.387 e. The van der Waals surface area contributed by atoms with E-state index in [0.717, 1.165) is 13.1 Å². The maximum absolute atomic E-state index is 3.48. The summed E-state index contributed by atoms with van der Waals surface area (Å²) in [6.45, 7) is 8.47. The van der Waals surface area contributed by atoms with Crippen molar-refractivity contribution in [3.63, 3.8) is 0 Å². The van der Waals surface area contributed by atoms with Gasteiger partial charge in [0.15, 0.2) is 0 Å². The Bertz CT molecular complexity index is 293. The van der Waals surface area contributed by atoms with Crippen molar-refractivity contribution in [2.24, 2.45) is 0 Å². The van der Waals surface area contributed by atoms with Gasteiger partial charge >= 0.3 is 0 Å². The van der Waals surface area contributed by atoms with Crippen molar-refractivity contribution in [3.05, 3.63) is 23.5 Å². The van der Waals surface area contributed by atoms with Gasteiger partial charge in [-0.3, -0.25) is 0 Å².